The Kier molecular flexibility index (Phi) is 4.41. The Balaban J connectivity index is 1.68. The molecule has 0 saturated carbocycles. The number of nitrogens with one attached hydrogen (secondary N) is 1. The summed E-state index contributed by atoms with van der Waals surface area (Å²) in [5.74, 6) is 0.690. The van der Waals surface area contributed by atoms with E-state index >= 15 is 0 Å². The predicted octanol–water partition coefficient (Wildman–Crippen LogP) is 5.46. The number of hydrogen-bond acceptors (Lipinski definition) is 5. The van der Waals surface area contributed by atoms with Crippen molar-refractivity contribution in [2.75, 3.05) is 5.43 Å². The van der Waals surface area contributed by atoms with Crippen molar-refractivity contribution in [1.82, 2.24) is 9.97 Å². The second-order valence-electron chi connectivity index (χ2n) is 5.34. The summed E-state index contributed by atoms with van der Waals surface area (Å²) >= 11 is 7.49. The zero-order valence-electron chi connectivity index (χ0n) is 13.1. The van der Waals surface area contributed by atoms with Crippen molar-refractivity contribution in [2.24, 2.45) is 5.10 Å². The lowest BCUT2D eigenvalue weighted by atomic mass is 10.1. The molecule has 25 heavy (non-hydrogen) atoms. The van der Waals surface area contributed by atoms with E-state index in [-0.39, 0.29) is 0 Å². The van der Waals surface area contributed by atoms with E-state index < -0.39 is 0 Å². The van der Waals surface area contributed by atoms with Crippen molar-refractivity contribution in [3.05, 3.63) is 76.9 Å². The fraction of sp³-hybridized carbons (Fsp3) is 0. The molecule has 0 unspecified atom stereocenters. The number of nitrogens with zero attached hydrogens (tertiary/aromatic N) is 3. The van der Waals surface area contributed by atoms with Gasteiger partial charge in [-0.25, -0.2) is 9.97 Å². The summed E-state index contributed by atoms with van der Waals surface area (Å²) in [7, 11) is 0. The molecule has 4 rings (SSSR count). The number of aromatic nitrogens is 2. The number of fused-ring (bicyclic) bond motifs is 1. The zero-order valence-corrected chi connectivity index (χ0v) is 14.6. The van der Waals surface area contributed by atoms with Crippen molar-refractivity contribution in [1.29, 1.82) is 0 Å². The summed E-state index contributed by atoms with van der Waals surface area (Å²) in [6.45, 7) is 0. The van der Waals surface area contributed by atoms with E-state index in [2.05, 4.69) is 38.0 Å². The summed E-state index contributed by atoms with van der Waals surface area (Å²) in [6, 6.07) is 17.7. The number of rotatable bonds is 4. The monoisotopic (exact) mass is 364 g/mol. The fourth-order valence-electron chi connectivity index (χ4n) is 2.51. The molecule has 0 aliphatic carbocycles. The predicted molar refractivity (Wildman–Crippen MR) is 106 cm³/mol. The lowest BCUT2D eigenvalue weighted by molar-refractivity contribution is 1.19. The Hall–Kier alpha value is -2.76. The molecule has 122 valence electrons. The fourth-order valence-corrected chi connectivity index (χ4v) is 3.55. The van der Waals surface area contributed by atoms with Gasteiger partial charge in [-0.3, -0.25) is 5.43 Å². The van der Waals surface area contributed by atoms with Gasteiger partial charge in [-0.05, 0) is 23.3 Å². The number of hydrazone groups is 1. The Bertz CT molecular complexity index is 1030. The smallest absolute Gasteiger partial charge is 0.159 e. The SMILES string of the molecule is Clc1ccc(/C=N/Nc2ncnc3scc(-c4ccccc4)c23)cc1. The number of anilines is 1. The molecule has 0 spiro atoms. The first-order valence-electron chi connectivity index (χ1n) is 7.63. The summed E-state index contributed by atoms with van der Waals surface area (Å²) in [6.07, 6.45) is 3.28. The summed E-state index contributed by atoms with van der Waals surface area (Å²) in [5, 5.41) is 8.08. The van der Waals surface area contributed by atoms with Crippen LogP contribution in [0.15, 0.2) is 71.4 Å². The highest BCUT2D eigenvalue weighted by Gasteiger charge is 2.12. The molecule has 2 aromatic heterocycles. The number of thiophene rings is 1. The lowest BCUT2D eigenvalue weighted by Crippen LogP contribution is -1.95. The molecule has 2 aromatic carbocycles. The van der Waals surface area contributed by atoms with Crippen molar-refractivity contribution in [3.8, 4) is 11.1 Å². The Morgan fingerprint density at radius 2 is 1.80 bits per heavy atom. The molecule has 0 radical (unpaired) electrons. The second kappa shape index (κ2) is 7.01. The van der Waals surface area contributed by atoms with Crippen molar-refractivity contribution in [3.63, 3.8) is 0 Å². The third-order valence-corrected chi connectivity index (χ3v) is 4.85. The third-order valence-electron chi connectivity index (χ3n) is 3.71. The van der Waals surface area contributed by atoms with Crippen LogP contribution < -0.4 is 5.43 Å². The van der Waals surface area contributed by atoms with Crippen LogP contribution in [0.1, 0.15) is 5.56 Å². The summed E-state index contributed by atoms with van der Waals surface area (Å²) in [4.78, 5) is 9.65. The van der Waals surface area contributed by atoms with Gasteiger partial charge in [0.05, 0.1) is 11.6 Å². The lowest BCUT2D eigenvalue weighted by Gasteiger charge is -2.04. The van der Waals surface area contributed by atoms with Gasteiger partial charge in [-0.1, -0.05) is 54.1 Å². The minimum absolute atomic E-state index is 0.690. The molecule has 1 N–H and O–H groups in total. The molecule has 0 aliphatic rings. The average Bonchev–Trinajstić information content (AvgIpc) is 3.09. The van der Waals surface area contributed by atoms with Crippen LogP contribution in [0.25, 0.3) is 21.3 Å². The maximum atomic E-state index is 5.89. The maximum absolute atomic E-state index is 5.89. The van der Waals surface area contributed by atoms with Crippen LogP contribution >= 0.6 is 22.9 Å². The highest BCUT2D eigenvalue weighted by Crippen LogP contribution is 2.36. The maximum Gasteiger partial charge on any atom is 0.159 e. The quantitative estimate of drug-likeness (QED) is 0.386. The van der Waals surface area contributed by atoms with Gasteiger partial charge in [0.2, 0.25) is 0 Å². The van der Waals surface area contributed by atoms with Gasteiger partial charge < -0.3 is 0 Å². The molecular weight excluding hydrogens is 352 g/mol. The first-order chi connectivity index (χ1) is 12.3. The van der Waals surface area contributed by atoms with Crippen LogP contribution in [-0.2, 0) is 0 Å². The summed E-state index contributed by atoms with van der Waals surface area (Å²) in [5.41, 5.74) is 6.23. The van der Waals surface area contributed by atoms with E-state index in [1.54, 1.807) is 23.9 Å². The van der Waals surface area contributed by atoms with E-state index in [1.165, 1.54) is 0 Å². The minimum Gasteiger partial charge on any atom is -0.261 e. The molecule has 6 heteroatoms. The topological polar surface area (TPSA) is 50.2 Å². The number of benzene rings is 2. The molecule has 4 nitrogen and oxygen atoms in total. The molecular formula is C19H13ClN4S. The molecule has 0 atom stereocenters. The Morgan fingerprint density at radius 3 is 2.60 bits per heavy atom. The highest BCUT2D eigenvalue weighted by molar-refractivity contribution is 7.17. The van der Waals surface area contributed by atoms with Gasteiger partial charge in [-0.2, -0.15) is 5.10 Å². The molecule has 4 aromatic rings. The van der Waals surface area contributed by atoms with Gasteiger partial charge in [0.15, 0.2) is 5.82 Å². The Labute approximate surface area is 153 Å². The van der Waals surface area contributed by atoms with Gasteiger partial charge in [0.25, 0.3) is 0 Å². The van der Waals surface area contributed by atoms with Crippen LogP contribution in [0.2, 0.25) is 5.02 Å². The Morgan fingerprint density at radius 1 is 1.00 bits per heavy atom. The average molecular weight is 365 g/mol. The van der Waals surface area contributed by atoms with Crippen LogP contribution in [0.3, 0.4) is 0 Å². The zero-order chi connectivity index (χ0) is 17.1. The van der Waals surface area contributed by atoms with Crippen LogP contribution in [0, 0.1) is 0 Å². The molecule has 2 heterocycles. The standard InChI is InChI=1S/C19H13ClN4S/c20-15-8-6-13(7-9-15)10-23-24-18-17-16(14-4-2-1-3-5-14)11-25-19(17)22-12-21-18/h1-12H,(H,21,22,24)/b23-10+. The minimum atomic E-state index is 0.690. The highest BCUT2D eigenvalue weighted by atomic mass is 35.5. The van der Waals surface area contributed by atoms with Gasteiger partial charge in [-0.15, -0.1) is 11.3 Å². The second-order valence-corrected chi connectivity index (χ2v) is 6.63. The van der Waals surface area contributed by atoms with Crippen LogP contribution in [0.5, 0.6) is 0 Å². The largest absolute Gasteiger partial charge is 0.261 e. The van der Waals surface area contributed by atoms with E-state index in [9.17, 15) is 0 Å². The first kappa shape index (κ1) is 15.7. The van der Waals surface area contributed by atoms with Crippen molar-refractivity contribution < 1.29 is 0 Å². The molecule has 0 fully saturated rings. The third kappa shape index (κ3) is 3.38. The van der Waals surface area contributed by atoms with Crippen molar-refractivity contribution in [2.45, 2.75) is 0 Å². The van der Waals surface area contributed by atoms with Gasteiger partial charge in [0, 0.05) is 16.0 Å². The molecule has 0 aliphatic heterocycles. The van der Waals surface area contributed by atoms with E-state index in [1.807, 2.05) is 42.5 Å². The molecule has 0 amide bonds. The first-order valence-corrected chi connectivity index (χ1v) is 8.89. The number of hydrogen-bond donors (Lipinski definition) is 1. The normalized spacial score (nSPS) is 11.2. The van der Waals surface area contributed by atoms with Gasteiger partial charge in [0.1, 0.15) is 11.2 Å². The van der Waals surface area contributed by atoms with Crippen LogP contribution in [-0.4, -0.2) is 16.2 Å². The van der Waals surface area contributed by atoms with Gasteiger partial charge >= 0.3 is 0 Å². The van der Waals surface area contributed by atoms with Crippen molar-refractivity contribution >= 4 is 45.2 Å². The summed E-state index contributed by atoms with van der Waals surface area (Å²) < 4.78 is 0. The van der Waals surface area contributed by atoms with Crippen LogP contribution in [0.4, 0.5) is 5.82 Å². The number of halogens is 1. The van der Waals surface area contributed by atoms with E-state index in [4.69, 9.17) is 11.6 Å². The van der Waals surface area contributed by atoms with E-state index in [0.29, 0.717) is 10.8 Å². The molecule has 0 bridgehead atoms. The van der Waals surface area contributed by atoms with E-state index in [0.717, 1.165) is 26.9 Å². The molecule has 0 saturated heterocycles.